The van der Waals surface area contributed by atoms with E-state index >= 15 is 0 Å². The Morgan fingerprint density at radius 3 is 2.39 bits per heavy atom. The second-order valence-electron chi connectivity index (χ2n) is 8.82. The minimum atomic E-state index is -4.42. The van der Waals surface area contributed by atoms with Gasteiger partial charge in [-0.1, -0.05) is 50.8 Å². The Balaban J connectivity index is 1.45. The number of pyridine rings is 1. The van der Waals surface area contributed by atoms with Crippen molar-refractivity contribution >= 4 is 28.7 Å². The predicted molar refractivity (Wildman–Crippen MR) is 141 cm³/mol. The highest BCUT2D eigenvalue weighted by Gasteiger charge is 2.29. The fourth-order valence-corrected chi connectivity index (χ4v) is 4.30. The Labute approximate surface area is 223 Å². The van der Waals surface area contributed by atoms with Gasteiger partial charge in [-0.3, -0.25) is 0 Å². The first-order valence-electron chi connectivity index (χ1n) is 12.4. The lowest BCUT2D eigenvalue weighted by atomic mass is 10.1. The molecule has 0 saturated carbocycles. The summed E-state index contributed by atoms with van der Waals surface area (Å²) in [5.41, 5.74) is -3.91. The maximum atomic E-state index is 12.7. The number of aromatic nitrogens is 1. The molecule has 0 aliphatic rings. The van der Waals surface area contributed by atoms with Gasteiger partial charge in [0.15, 0.2) is 5.58 Å². The van der Waals surface area contributed by atoms with Gasteiger partial charge in [0, 0.05) is 21.9 Å². The Hall–Kier alpha value is -3.27. The van der Waals surface area contributed by atoms with Crippen LogP contribution < -0.4 is 10.4 Å². The van der Waals surface area contributed by atoms with Crippen LogP contribution in [0.25, 0.3) is 22.1 Å². The van der Waals surface area contributed by atoms with Crippen LogP contribution in [0.2, 0.25) is 0 Å². The number of carbonyl (C=O) groups excluding carboxylic acids is 1. The number of unbranched alkanes of at least 4 members (excludes halogenated alkanes) is 6. The standard InChI is InChI=1S/C28H30F3NO5S/c1-19(2)26(33)36-14-9-7-5-3-4-6-8-13-35-25-17-21-16-23(27(34)37-24(21)18-32-25)20-11-10-12-22(15-20)38-28(29,30)31/h10-12,15-18H,1,3-9,13-14H2,2H3. The normalized spacial score (nSPS) is 11.5. The van der Waals surface area contributed by atoms with Gasteiger partial charge >= 0.3 is 17.1 Å². The van der Waals surface area contributed by atoms with Crippen LogP contribution in [0.5, 0.6) is 5.88 Å². The molecule has 6 nitrogen and oxygen atoms in total. The summed E-state index contributed by atoms with van der Waals surface area (Å²) >= 11 is -0.238. The monoisotopic (exact) mass is 549 g/mol. The molecule has 204 valence electrons. The Morgan fingerprint density at radius 1 is 1.03 bits per heavy atom. The van der Waals surface area contributed by atoms with Crippen LogP contribution in [-0.4, -0.2) is 29.7 Å². The number of ether oxygens (including phenoxy) is 2. The molecular weight excluding hydrogens is 519 g/mol. The van der Waals surface area contributed by atoms with Gasteiger partial charge in [0.05, 0.1) is 25.0 Å². The maximum Gasteiger partial charge on any atom is 0.446 e. The lowest BCUT2D eigenvalue weighted by molar-refractivity contribution is -0.139. The molecule has 2 heterocycles. The third-order valence-electron chi connectivity index (χ3n) is 5.59. The summed E-state index contributed by atoms with van der Waals surface area (Å²) < 4.78 is 54.4. The molecule has 0 amide bonds. The molecule has 0 radical (unpaired) electrons. The third kappa shape index (κ3) is 9.55. The molecule has 1 aromatic carbocycles. The first-order chi connectivity index (χ1) is 18.1. The summed E-state index contributed by atoms with van der Waals surface area (Å²) in [6.45, 7) is 6.08. The summed E-state index contributed by atoms with van der Waals surface area (Å²) in [6.07, 6.45) is 8.34. The van der Waals surface area contributed by atoms with Crippen LogP contribution in [-0.2, 0) is 9.53 Å². The number of rotatable bonds is 14. The molecule has 0 fully saturated rings. The summed E-state index contributed by atoms with van der Waals surface area (Å²) in [7, 11) is 0. The van der Waals surface area contributed by atoms with Gasteiger partial charge < -0.3 is 13.9 Å². The van der Waals surface area contributed by atoms with Crippen LogP contribution in [0, 0.1) is 0 Å². The number of benzene rings is 1. The minimum Gasteiger partial charge on any atom is -0.478 e. The van der Waals surface area contributed by atoms with Crippen molar-refractivity contribution in [3.63, 3.8) is 0 Å². The number of hydrogen-bond donors (Lipinski definition) is 0. The van der Waals surface area contributed by atoms with E-state index in [1.807, 2.05) is 0 Å². The van der Waals surface area contributed by atoms with Crippen molar-refractivity contribution in [2.75, 3.05) is 13.2 Å². The third-order valence-corrected chi connectivity index (χ3v) is 6.31. The lowest BCUT2D eigenvalue weighted by Crippen LogP contribution is -2.06. The highest BCUT2D eigenvalue weighted by molar-refractivity contribution is 8.00. The fourth-order valence-electron chi connectivity index (χ4n) is 3.70. The molecule has 0 unspecified atom stereocenters. The maximum absolute atomic E-state index is 12.7. The molecule has 0 spiro atoms. The van der Waals surface area contributed by atoms with Gasteiger partial charge in [-0.2, -0.15) is 13.2 Å². The van der Waals surface area contributed by atoms with Gasteiger partial charge in [0.25, 0.3) is 0 Å². The molecule has 3 rings (SSSR count). The van der Waals surface area contributed by atoms with E-state index in [4.69, 9.17) is 13.9 Å². The Morgan fingerprint density at radius 2 is 1.71 bits per heavy atom. The van der Waals surface area contributed by atoms with Crippen molar-refractivity contribution in [2.24, 2.45) is 0 Å². The van der Waals surface area contributed by atoms with E-state index in [0.29, 0.717) is 35.6 Å². The van der Waals surface area contributed by atoms with Crippen LogP contribution in [0.15, 0.2) is 68.9 Å². The quantitative estimate of drug-likeness (QED) is 0.0882. The number of hydrogen-bond acceptors (Lipinski definition) is 7. The average molecular weight is 550 g/mol. The first-order valence-corrected chi connectivity index (χ1v) is 13.2. The molecule has 0 aliphatic carbocycles. The number of carbonyl (C=O) groups is 1. The van der Waals surface area contributed by atoms with E-state index in [-0.39, 0.29) is 33.8 Å². The Kier molecular flexibility index (Phi) is 10.8. The molecule has 0 atom stereocenters. The van der Waals surface area contributed by atoms with Gasteiger partial charge in [0.2, 0.25) is 5.88 Å². The van der Waals surface area contributed by atoms with Crippen molar-refractivity contribution in [2.45, 2.75) is 62.3 Å². The van der Waals surface area contributed by atoms with Gasteiger partial charge in [-0.25, -0.2) is 14.6 Å². The first kappa shape index (κ1) is 29.3. The van der Waals surface area contributed by atoms with E-state index in [2.05, 4.69) is 11.6 Å². The number of halogens is 3. The van der Waals surface area contributed by atoms with Crippen LogP contribution in [0.4, 0.5) is 13.2 Å². The second-order valence-corrected chi connectivity index (χ2v) is 9.96. The number of thioether (sulfide) groups is 1. The van der Waals surface area contributed by atoms with E-state index in [9.17, 15) is 22.8 Å². The molecule has 38 heavy (non-hydrogen) atoms. The summed E-state index contributed by atoms with van der Waals surface area (Å²) in [6, 6.07) is 8.91. The summed E-state index contributed by atoms with van der Waals surface area (Å²) in [4.78, 5) is 27.9. The smallest absolute Gasteiger partial charge is 0.446 e. The van der Waals surface area contributed by atoms with Crippen molar-refractivity contribution in [3.8, 4) is 17.0 Å². The van der Waals surface area contributed by atoms with Gasteiger partial charge in [0.1, 0.15) is 0 Å². The van der Waals surface area contributed by atoms with E-state index in [1.165, 1.54) is 24.4 Å². The summed E-state index contributed by atoms with van der Waals surface area (Å²) in [5.74, 6) is 0.0349. The molecule has 3 aromatic rings. The van der Waals surface area contributed by atoms with E-state index in [1.54, 1.807) is 25.1 Å². The SMILES string of the molecule is C=C(C)C(=O)OCCCCCCCCCOc1cc2cc(-c3cccc(SC(F)(F)F)c3)c(=O)oc2cn1. The minimum absolute atomic E-state index is 0.0163. The van der Waals surface area contributed by atoms with Crippen molar-refractivity contribution < 1.29 is 31.9 Å². The zero-order valence-electron chi connectivity index (χ0n) is 21.1. The van der Waals surface area contributed by atoms with Crippen LogP contribution in [0.3, 0.4) is 0 Å². The van der Waals surface area contributed by atoms with Crippen LogP contribution >= 0.6 is 11.8 Å². The molecule has 0 N–H and O–H groups in total. The molecular formula is C28H30F3NO5S. The predicted octanol–water partition coefficient (Wildman–Crippen LogP) is 7.70. The van der Waals surface area contributed by atoms with Crippen molar-refractivity contribution in [3.05, 3.63) is 65.2 Å². The van der Waals surface area contributed by atoms with Crippen molar-refractivity contribution in [1.82, 2.24) is 4.98 Å². The molecule has 0 saturated heterocycles. The van der Waals surface area contributed by atoms with Gasteiger partial charge in [-0.05, 0) is 55.3 Å². The van der Waals surface area contributed by atoms with E-state index < -0.39 is 11.1 Å². The molecule has 0 aliphatic heterocycles. The largest absolute Gasteiger partial charge is 0.478 e. The van der Waals surface area contributed by atoms with Gasteiger partial charge in [-0.15, -0.1) is 0 Å². The molecule has 2 aromatic heterocycles. The zero-order valence-corrected chi connectivity index (χ0v) is 22.0. The number of fused-ring (bicyclic) bond motifs is 1. The highest BCUT2D eigenvalue weighted by atomic mass is 32.2. The Bertz CT molecular complexity index is 1310. The second kappa shape index (κ2) is 14.0. The fraction of sp³-hybridized carbons (Fsp3) is 0.393. The summed E-state index contributed by atoms with van der Waals surface area (Å²) in [5, 5.41) is 0.562. The van der Waals surface area contributed by atoms with E-state index in [0.717, 1.165) is 44.9 Å². The van der Waals surface area contributed by atoms with Crippen LogP contribution in [0.1, 0.15) is 51.9 Å². The molecule has 0 bridgehead atoms. The van der Waals surface area contributed by atoms with Crippen molar-refractivity contribution in [1.29, 1.82) is 0 Å². The average Bonchev–Trinajstić information content (AvgIpc) is 2.85. The number of nitrogens with zero attached hydrogens (tertiary/aromatic N) is 1. The number of alkyl halides is 3. The molecule has 10 heteroatoms. The number of esters is 1. The highest BCUT2D eigenvalue weighted by Crippen LogP contribution is 2.38. The zero-order chi connectivity index (χ0) is 27.5. The topological polar surface area (TPSA) is 78.6 Å². The lowest BCUT2D eigenvalue weighted by Gasteiger charge is -2.09.